The average molecular weight is 297 g/mol. The molecule has 0 saturated carbocycles. The van der Waals surface area contributed by atoms with Crippen molar-refractivity contribution in [2.75, 3.05) is 11.9 Å². The number of carboxylic acids is 1. The number of rotatable bonds is 3. The van der Waals surface area contributed by atoms with Gasteiger partial charge >= 0.3 is 17.7 Å². The molecule has 2 N–H and O–H groups in total. The number of likely N-dealkylation sites (tertiary alicyclic amines) is 1. The monoisotopic (exact) mass is 297 g/mol. The van der Waals surface area contributed by atoms with Crippen LogP contribution in [0.4, 0.5) is 20.6 Å². The van der Waals surface area contributed by atoms with E-state index < -0.39 is 34.5 Å². The molecule has 9 heteroatoms. The number of nitrogens with one attached hydrogen (secondary N) is 1. The van der Waals surface area contributed by atoms with Crippen LogP contribution in [0, 0.1) is 15.9 Å². The van der Waals surface area contributed by atoms with Crippen molar-refractivity contribution in [2.45, 2.75) is 18.9 Å². The molecule has 0 radical (unpaired) electrons. The lowest BCUT2D eigenvalue weighted by Gasteiger charge is -2.21. The van der Waals surface area contributed by atoms with Crippen molar-refractivity contribution in [3.8, 4) is 0 Å². The largest absolute Gasteiger partial charge is 0.480 e. The van der Waals surface area contributed by atoms with Crippen LogP contribution in [0.25, 0.3) is 0 Å². The van der Waals surface area contributed by atoms with Crippen molar-refractivity contribution in [1.82, 2.24) is 4.90 Å². The molecular formula is C12H12FN3O5. The SMILES string of the molecule is O=C(O)[C@@H]1CCCN1C(=O)Nc1ccc([N+](=O)[O-])c(F)c1. The van der Waals surface area contributed by atoms with Crippen molar-refractivity contribution in [2.24, 2.45) is 0 Å². The van der Waals surface area contributed by atoms with Crippen LogP contribution in [0.15, 0.2) is 18.2 Å². The summed E-state index contributed by atoms with van der Waals surface area (Å²) in [4.78, 5) is 33.7. The number of carbonyl (C=O) groups is 2. The molecule has 8 nitrogen and oxygen atoms in total. The van der Waals surface area contributed by atoms with E-state index in [2.05, 4.69) is 5.32 Å². The van der Waals surface area contributed by atoms with Crippen molar-refractivity contribution in [3.05, 3.63) is 34.1 Å². The molecule has 0 aliphatic carbocycles. The fourth-order valence-corrected chi connectivity index (χ4v) is 2.19. The zero-order valence-electron chi connectivity index (χ0n) is 10.8. The van der Waals surface area contributed by atoms with Gasteiger partial charge in [-0.1, -0.05) is 0 Å². The van der Waals surface area contributed by atoms with Crippen LogP contribution in [0.5, 0.6) is 0 Å². The van der Waals surface area contributed by atoms with Gasteiger partial charge in [-0.25, -0.2) is 9.59 Å². The van der Waals surface area contributed by atoms with Crippen LogP contribution in [-0.4, -0.2) is 39.5 Å². The van der Waals surface area contributed by atoms with Gasteiger partial charge in [0.1, 0.15) is 6.04 Å². The summed E-state index contributed by atoms with van der Waals surface area (Å²) in [7, 11) is 0. The molecule has 1 fully saturated rings. The van der Waals surface area contributed by atoms with Crippen molar-refractivity contribution in [1.29, 1.82) is 0 Å². The van der Waals surface area contributed by atoms with Crippen LogP contribution < -0.4 is 5.32 Å². The highest BCUT2D eigenvalue weighted by atomic mass is 19.1. The number of amides is 2. The maximum absolute atomic E-state index is 13.4. The Labute approximate surface area is 118 Å². The van der Waals surface area contributed by atoms with Crippen LogP contribution in [0.1, 0.15) is 12.8 Å². The molecule has 1 saturated heterocycles. The molecule has 0 aromatic heterocycles. The number of anilines is 1. The lowest BCUT2D eigenvalue weighted by Crippen LogP contribution is -2.42. The van der Waals surface area contributed by atoms with Crippen molar-refractivity contribution >= 4 is 23.4 Å². The first-order valence-electron chi connectivity index (χ1n) is 6.14. The predicted molar refractivity (Wildman–Crippen MR) is 69.4 cm³/mol. The van der Waals surface area contributed by atoms with Gasteiger partial charge in [-0.05, 0) is 18.9 Å². The highest BCUT2D eigenvalue weighted by molar-refractivity contribution is 5.92. The van der Waals surface area contributed by atoms with Gasteiger partial charge in [-0.2, -0.15) is 4.39 Å². The third-order valence-electron chi connectivity index (χ3n) is 3.19. The minimum atomic E-state index is -1.10. The number of halogens is 1. The minimum Gasteiger partial charge on any atom is -0.480 e. The van der Waals surface area contributed by atoms with Gasteiger partial charge < -0.3 is 15.3 Å². The molecule has 1 aliphatic heterocycles. The van der Waals surface area contributed by atoms with E-state index in [-0.39, 0.29) is 12.2 Å². The molecule has 1 heterocycles. The number of carbonyl (C=O) groups excluding carboxylic acids is 1. The van der Waals surface area contributed by atoms with Gasteiger partial charge in [-0.3, -0.25) is 10.1 Å². The number of urea groups is 1. The number of aliphatic carboxylic acids is 1. The number of benzene rings is 1. The molecule has 2 rings (SSSR count). The number of carboxylic acid groups (broad SMARTS) is 1. The minimum absolute atomic E-state index is 0.0270. The lowest BCUT2D eigenvalue weighted by molar-refractivity contribution is -0.387. The highest BCUT2D eigenvalue weighted by Crippen LogP contribution is 2.23. The van der Waals surface area contributed by atoms with Gasteiger partial charge in [0.05, 0.1) is 4.92 Å². The standard InChI is InChI=1S/C12H12FN3O5/c13-8-6-7(3-4-9(8)16(20)21)14-12(19)15-5-1-2-10(15)11(17)18/h3-4,6,10H,1-2,5H2,(H,14,19)(H,17,18)/t10-/m0/s1. The third-order valence-corrected chi connectivity index (χ3v) is 3.19. The van der Waals surface area contributed by atoms with Crippen LogP contribution in [0.3, 0.4) is 0 Å². The summed E-state index contributed by atoms with van der Waals surface area (Å²) in [5, 5.41) is 21.8. The average Bonchev–Trinajstić information content (AvgIpc) is 2.87. The quantitative estimate of drug-likeness (QED) is 0.652. The lowest BCUT2D eigenvalue weighted by atomic mass is 10.2. The van der Waals surface area contributed by atoms with E-state index in [0.717, 1.165) is 17.0 Å². The Morgan fingerprint density at radius 1 is 1.48 bits per heavy atom. The second-order valence-electron chi connectivity index (χ2n) is 4.54. The molecule has 2 amide bonds. The number of hydrogen-bond acceptors (Lipinski definition) is 4. The van der Waals surface area contributed by atoms with Gasteiger partial charge in [-0.15, -0.1) is 0 Å². The number of nitro groups is 1. The topological polar surface area (TPSA) is 113 Å². The Bertz CT molecular complexity index is 607. The molecular weight excluding hydrogens is 285 g/mol. The Kier molecular flexibility index (Phi) is 4.01. The second kappa shape index (κ2) is 5.73. The van der Waals surface area contributed by atoms with E-state index in [4.69, 9.17) is 5.11 Å². The van der Waals surface area contributed by atoms with Crippen LogP contribution in [0.2, 0.25) is 0 Å². The summed E-state index contributed by atoms with van der Waals surface area (Å²) in [6, 6.07) is 1.36. The zero-order valence-corrected chi connectivity index (χ0v) is 10.8. The summed E-state index contributed by atoms with van der Waals surface area (Å²) in [5.41, 5.74) is -0.670. The van der Waals surface area contributed by atoms with E-state index in [1.807, 2.05) is 0 Å². The fourth-order valence-electron chi connectivity index (χ4n) is 2.19. The normalized spacial score (nSPS) is 17.6. The molecule has 21 heavy (non-hydrogen) atoms. The van der Waals surface area contributed by atoms with Crippen molar-refractivity contribution in [3.63, 3.8) is 0 Å². The van der Waals surface area contributed by atoms with Gasteiger partial charge in [0, 0.05) is 24.4 Å². The number of hydrogen-bond donors (Lipinski definition) is 2. The Morgan fingerprint density at radius 3 is 2.76 bits per heavy atom. The molecule has 0 spiro atoms. The maximum atomic E-state index is 13.4. The number of nitrogens with zero attached hydrogens (tertiary/aromatic N) is 2. The van der Waals surface area contributed by atoms with E-state index in [1.54, 1.807) is 0 Å². The molecule has 0 unspecified atom stereocenters. The molecule has 0 bridgehead atoms. The summed E-state index contributed by atoms with van der Waals surface area (Å²) >= 11 is 0. The van der Waals surface area contributed by atoms with Gasteiger partial charge in [0.15, 0.2) is 0 Å². The van der Waals surface area contributed by atoms with Gasteiger partial charge in [0.2, 0.25) is 5.82 Å². The molecule has 1 aliphatic rings. The molecule has 1 atom stereocenters. The summed E-state index contributed by atoms with van der Waals surface area (Å²) in [6.45, 7) is 0.290. The Hall–Kier alpha value is -2.71. The fraction of sp³-hybridized carbons (Fsp3) is 0.333. The summed E-state index contributed by atoms with van der Waals surface area (Å²) in [6.07, 6.45) is 0.927. The van der Waals surface area contributed by atoms with Crippen molar-refractivity contribution < 1.29 is 24.0 Å². The molecule has 112 valence electrons. The summed E-state index contributed by atoms with van der Waals surface area (Å²) < 4.78 is 13.4. The second-order valence-corrected chi connectivity index (χ2v) is 4.54. The molecule has 1 aromatic carbocycles. The molecule has 1 aromatic rings. The summed E-state index contributed by atoms with van der Waals surface area (Å²) in [5.74, 6) is -2.17. The first-order valence-corrected chi connectivity index (χ1v) is 6.14. The third kappa shape index (κ3) is 3.07. The maximum Gasteiger partial charge on any atom is 0.326 e. The first kappa shape index (κ1) is 14.7. The Morgan fingerprint density at radius 2 is 2.19 bits per heavy atom. The van der Waals surface area contributed by atoms with Crippen LogP contribution >= 0.6 is 0 Å². The van der Waals surface area contributed by atoms with E-state index >= 15 is 0 Å². The highest BCUT2D eigenvalue weighted by Gasteiger charge is 2.34. The smallest absolute Gasteiger partial charge is 0.326 e. The number of nitro benzene ring substituents is 1. The van der Waals surface area contributed by atoms with Crippen LogP contribution in [-0.2, 0) is 4.79 Å². The zero-order chi connectivity index (χ0) is 15.6. The predicted octanol–water partition coefficient (Wildman–Crippen LogP) is 1.81. The van der Waals surface area contributed by atoms with E-state index in [0.29, 0.717) is 12.8 Å². The van der Waals surface area contributed by atoms with Gasteiger partial charge in [0.25, 0.3) is 0 Å². The van der Waals surface area contributed by atoms with E-state index in [1.165, 1.54) is 6.07 Å². The van der Waals surface area contributed by atoms with E-state index in [9.17, 15) is 24.1 Å². The Balaban J connectivity index is 2.11. The first-order chi connectivity index (χ1) is 9.90.